The van der Waals surface area contributed by atoms with Gasteiger partial charge in [0.2, 0.25) is 5.88 Å². The van der Waals surface area contributed by atoms with Gasteiger partial charge in [-0.3, -0.25) is 4.79 Å². The Bertz CT molecular complexity index is 885. The van der Waals surface area contributed by atoms with Gasteiger partial charge < -0.3 is 19.1 Å². The van der Waals surface area contributed by atoms with Gasteiger partial charge in [0.25, 0.3) is 5.91 Å². The zero-order valence-electron chi connectivity index (χ0n) is 15.0. The van der Waals surface area contributed by atoms with E-state index >= 15 is 0 Å². The predicted octanol–water partition coefficient (Wildman–Crippen LogP) is 1.63. The number of rotatable bonds is 4. The van der Waals surface area contributed by atoms with E-state index in [1.54, 1.807) is 25.4 Å². The third-order valence-electron chi connectivity index (χ3n) is 4.59. The summed E-state index contributed by atoms with van der Waals surface area (Å²) in [6, 6.07) is 11.3. The second kappa shape index (κ2) is 7.45. The van der Waals surface area contributed by atoms with Crippen LogP contribution in [-0.4, -0.2) is 63.8 Å². The molecule has 1 fully saturated rings. The zero-order valence-corrected chi connectivity index (χ0v) is 15.0. The van der Waals surface area contributed by atoms with Gasteiger partial charge in [-0.15, -0.1) is 10.2 Å². The molecule has 8 nitrogen and oxygen atoms in total. The normalized spacial score (nSPS) is 14.3. The van der Waals surface area contributed by atoms with E-state index in [0.29, 0.717) is 37.6 Å². The van der Waals surface area contributed by atoms with E-state index in [1.165, 1.54) is 0 Å². The molecule has 1 amide bonds. The van der Waals surface area contributed by atoms with Crippen molar-refractivity contribution in [1.29, 1.82) is 0 Å². The Morgan fingerprint density at radius 1 is 0.963 bits per heavy atom. The van der Waals surface area contributed by atoms with Crippen LogP contribution in [0.2, 0.25) is 0 Å². The standard InChI is InChI=1S/C19H20N6O2/c1-27-18-7-4-15(14-20-18)19(26)25-12-10-24(11-13-25)17-6-5-16(21-22-17)23-8-2-3-9-23/h2-9,14H,10-13H2,1H3. The number of ether oxygens (including phenoxy) is 1. The average molecular weight is 364 g/mol. The van der Waals surface area contributed by atoms with Gasteiger partial charge in [-0.1, -0.05) is 0 Å². The first kappa shape index (κ1) is 17.0. The molecule has 1 saturated heterocycles. The molecule has 8 heteroatoms. The minimum atomic E-state index is -0.0150. The third kappa shape index (κ3) is 3.59. The van der Waals surface area contributed by atoms with Gasteiger partial charge in [0, 0.05) is 50.8 Å². The molecule has 4 heterocycles. The molecule has 0 atom stereocenters. The lowest BCUT2D eigenvalue weighted by atomic mass is 10.2. The molecule has 1 aliphatic heterocycles. The monoisotopic (exact) mass is 364 g/mol. The van der Waals surface area contributed by atoms with Gasteiger partial charge in [0.15, 0.2) is 11.6 Å². The van der Waals surface area contributed by atoms with Crippen molar-refractivity contribution < 1.29 is 9.53 Å². The highest BCUT2D eigenvalue weighted by Crippen LogP contribution is 2.16. The lowest BCUT2D eigenvalue weighted by Crippen LogP contribution is -2.49. The van der Waals surface area contributed by atoms with Crippen molar-refractivity contribution in [1.82, 2.24) is 24.6 Å². The molecule has 0 spiro atoms. The topological polar surface area (TPSA) is 76.4 Å². The molecule has 0 N–H and O–H groups in total. The van der Waals surface area contributed by atoms with Crippen LogP contribution >= 0.6 is 0 Å². The fourth-order valence-electron chi connectivity index (χ4n) is 3.06. The highest BCUT2D eigenvalue weighted by Gasteiger charge is 2.23. The minimum absolute atomic E-state index is 0.0150. The van der Waals surface area contributed by atoms with E-state index in [1.807, 2.05) is 46.1 Å². The minimum Gasteiger partial charge on any atom is -0.481 e. The molecule has 0 radical (unpaired) electrons. The van der Waals surface area contributed by atoms with E-state index in [-0.39, 0.29) is 5.91 Å². The van der Waals surface area contributed by atoms with E-state index < -0.39 is 0 Å². The lowest BCUT2D eigenvalue weighted by molar-refractivity contribution is 0.0746. The van der Waals surface area contributed by atoms with Crippen molar-refractivity contribution in [3.05, 3.63) is 60.6 Å². The maximum Gasteiger partial charge on any atom is 0.255 e. The van der Waals surface area contributed by atoms with Gasteiger partial charge in [-0.05, 0) is 30.3 Å². The molecule has 3 aromatic heterocycles. The smallest absolute Gasteiger partial charge is 0.255 e. The number of piperazine rings is 1. The summed E-state index contributed by atoms with van der Waals surface area (Å²) in [7, 11) is 1.55. The second-order valence-corrected chi connectivity index (χ2v) is 6.21. The number of methoxy groups -OCH3 is 1. The number of pyridine rings is 1. The Balaban J connectivity index is 1.37. The molecule has 0 unspecified atom stereocenters. The Labute approximate surface area is 157 Å². The fraction of sp³-hybridized carbons (Fsp3) is 0.263. The maximum absolute atomic E-state index is 12.6. The first-order chi connectivity index (χ1) is 13.2. The molecule has 0 aliphatic carbocycles. The molecule has 4 rings (SSSR count). The lowest BCUT2D eigenvalue weighted by Gasteiger charge is -2.35. The van der Waals surface area contributed by atoms with Gasteiger partial charge in [-0.2, -0.15) is 0 Å². The van der Waals surface area contributed by atoms with Crippen molar-refractivity contribution in [2.45, 2.75) is 0 Å². The zero-order chi connectivity index (χ0) is 18.6. The summed E-state index contributed by atoms with van der Waals surface area (Å²) in [6.07, 6.45) is 5.42. The summed E-state index contributed by atoms with van der Waals surface area (Å²) in [5.41, 5.74) is 0.570. The molecule has 138 valence electrons. The van der Waals surface area contributed by atoms with Crippen molar-refractivity contribution in [2.24, 2.45) is 0 Å². The molecule has 0 saturated carbocycles. The molecule has 27 heavy (non-hydrogen) atoms. The Morgan fingerprint density at radius 3 is 2.26 bits per heavy atom. The van der Waals surface area contributed by atoms with Crippen LogP contribution in [-0.2, 0) is 0 Å². The highest BCUT2D eigenvalue weighted by atomic mass is 16.5. The van der Waals surface area contributed by atoms with E-state index in [2.05, 4.69) is 20.1 Å². The van der Waals surface area contributed by atoms with Crippen LogP contribution in [0.5, 0.6) is 5.88 Å². The average Bonchev–Trinajstić information content (AvgIpc) is 3.28. The summed E-state index contributed by atoms with van der Waals surface area (Å²) < 4.78 is 6.95. The summed E-state index contributed by atoms with van der Waals surface area (Å²) >= 11 is 0. The van der Waals surface area contributed by atoms with Crippen LogP contribution in [0.3, 0.4) is 0 Å². The van der Waals surface area contributed by atoms with Crippen LogP contribution < -0.4 is 9.64 Å². The Morgan fingerprint density at radius 2 is 1.67 bits per heavy atom. The number of carbonyl (C=O) groups excluding carboxylic acids is 1. The Hall–Kier alpha value is -3.42. The molecular weight excluding hydrogens is 344 g/mol. The number of aromatic nitrogens is 4. The van der Waals surface area contributed by atoms with Crippen LogP contribution in [0.1, 0.15) is 10.4 Å². The maximum atomic E-state index is 12.6. The molecule has 0 aromatic carbocycles. The number of amides is 1. The van der Waals surface area contributed by atoms with Crippen molar-refractivity contribution in [3.8, 4) is 11.7 Å². The number of anilines is 1. The van der Waals surface area contributed by atoms with Crippen LogP contribution in [0.25, 0.3) is 5.82 Å². The number of nitrogens with zero attached hydrogens (tertiary/aromatic N) is 6. The SMILES string of the molecule is COc1ccc(C(=O)N2CCN(c3ccc(-n4cccc4)nn3)CC2)cn1. The molecule has 1 aliphatic rings. The second-order valence-electron chi connectivity index (χ2n) is 6.21. The van der Waals surface area contributed by atoms with Gasteiger partial charge in [0.05, 0.1) is 12.7 Å². The fourth-order valence-corrected chi connectivity index (χ4v) is 3.06. The summed E-state index contributed by atoms with van der Waals surface area (Å²) in [6.45, 7) is 2.69. The van der Waals surface area contributed by atoms with E-state index in [0.717, 1.165) is 11.6 Å². The summed E-state index contributed by atoms with van der Waals surface area (Å²) in [5.74, 6) is 2.09. The van der Waals surface area contributed by atoms with Crippen LogP contribution in [0, 0.1) is 0 Å². The van der Waals surface area contributed by atoms with E-state index in [4.69, 9.17) is 4.74 Å². The summed E-state index contributed by atoms with van der Waals surface area (Å²) in [5, 5.41) is 8.62. The van der Waals surface area contributed by atoms with Crippen molar-refractivity contribution >= 4 is 11.7 Å². The third-order valence-corrected chi connectivity index (χ3v) is 4.59. The predicted molar refractivity (Wildman–Crippen MR) is 100 cm³/mol. The Kier molecular flexibility index (Phi) is 4.69. The van der Waals surface area contributed by atoms with Crippen molar-refractivity contribution in [3.63, 3.8) is 0 Å². The van der Waals surface area contributed by atoms with Gasteiger partial charge in [-0.25, -0.2) is 4.98 Å². The molecule has 3 aromatic rings. The number of hydrogen-bond donors (Lipinski definition) is 0. The highest BCUT2D eigenvalue weighted by molar-refractivity contribution is 5.94. The molecule has 0 bridgehead atoms. The first-order valence-electron chi connectivity index (χ1n) is 8.76. The summed E-state index contributed by atoms with van der Waals surface area (Å²) in [4.78, 5) is 20.7. The number of hydrogen-bond acceptors (Lipinski definition) is 6. The van der Waals surface area contributed by atoms with E-state index in [9.17, 15) is 4.79 Å². The van der Waals surface area contributed by atoms with Crippen LogP contribution in [0.4, 0.5) is 5.82 Å². The molecular formula is C19H20N6O2. The quantitative estimate of drug-likeness (QED) is 0.700. The number of carbonyl (C=O) groups is 1. The van der Waals surface area contributed by atoms with Gasteiger partial charge >= 0.3 is 0 Å². The van der Waals surface area contributed by atoms with Crippen LogP contribution in [0.15, 0.2) is 55.0 Å². The first-order valence-corrected chi connectivity index (χ1v) is 8.76. The van der Waals surface area contributed by atoms with Crippen molar-refractivity contribution in [2.75, 3.05) is 38.2 Å². The van der Waals surface area contributed by atoms with Gasteiger partial charge in [0.1, 0.15) is 0 Å². The largest absolute Gasteiger partial charge is 0.481 e.